The molecule has 0 saturated carbocycles. The summed E-state index contributed by atoms with van der Waals surface area (Å²) >= 11 is 3.47. The number of benzene rings is 1. The number of anilines is 1. The number of nitrogens with zero attached hydrogens (tertiary/aromatic N) is 2. The van der Waals surface area contributed by atoms with Gasteiger partial charge in [0.05, 0.1) is 11.3 Å². The maximum atomic E-state index is 9.37. The lowest BCUT2D eigenvalue weighted by Crippen LogP contribution is -2.41. The van der Waals surface area contributed by atoms with Crippen LogP contribution in [0.5, 0.6) is 0 Å². The summed E-state index contributed by atoms with van der Waals surface area (Å²) in [6, 6.07) is 9.19. The molecule has 0 radical (unpaired) electrons. The molecule has 0 bridgehead atoms. The van der Waals surface area contributed by atoms with E-state index in [4.69, 9.17) is 0 Å². The van der Waals surface area contributed by atoms with Gasteiger partial charge in [0.25, 0.3) is 0 Å². The van der Waals surface area contributed by atoms with Gasteiger partial charge in [-0.1, -0.05) is 6.07 Å². The monoisotopic (exact) mass is 321 g/mol. The average molecular weight is 322 g/mol. The molecule has 1 fully saturated rings. The zero-order valence-corrected chi connectivity index (χ0v) is 13.1. The lowest BCUT2D eigenvalue weighted by molar-refractivity contribution is 0.552. The van der Waals surface area contributed by atoms with Gasteiger partial charge in [0.1, 0.15) is 6.07 Å². The Morgan fingerprint density at radius 3 is 2.89 bits per heavy atom. The molecule has 102 valence electrons. The summed E-state index contributed by atoms with van der Waals surface area (Å²) in [4.78, 5) is 2.33. The molecular formula is C15H20BrN3. The van der Waals surface area contributed by atoms with Crippen LogP contribution in [0.3, 0.4) is 0 Å². The van der Waals surface area contributed by atoms with Crippen LogP contribution in [0.15, 0.2) is 22.7 Å². The van der Waals surface area contributed by atoms with Crippen molar-refractivity contribution in [1.82, 2.24) is 5.32 Å². The molecule has 1 aliphatic heterocycles. The SMILES string of the molecule is CC(C)N(CC1CCCN1)c1cccc(Br)c1C#N. The van der Waals surface area contributed by atoms with Crippen molar-refractivity contribution in [3.63, 3.8) is 0 Å². The fourth-order valence-electron chi connectivity index (χ4n) is 2.60. The average Bonchev–Trinajstić information content (AvgIpc) is 2.88. The molecule has 2 rings (SSSR count). The Morgan fingerprint density at radius 1 is 1.53 bits per heavy atom. The van der Waals surface area contributed by atoms with Crippen LogP contribution in [-0.2, 0) is 0 Å². The van der Waals surface area contributed by atoms with Gasteiger partial charge in [-0.05, 0) is 61.3 Å². The van der Waals surface area contributed by atoms with Crippen molar-refractivity contribution in [2.75, 3.05) is 18.0 Å². The zero-order chi connectivity index (χ0) is 13.8. The minimum atomic E-state index is 0.379. The first kappa shape index (κ1) is 14.4. The van der Waals surface area contributed by atoms with Gasteiger partial charge < -0.3 is 10.2 Å². The van der Waals surface area contributed by atoms with Crippen LogP contribution in [0.2, 0.25) is 0 Å². The lowest BCUT2D eigenvalue weighted by atomic mass is 10.1. The van der Waals surface area contributed by atoms with Gasteiger partial charge in [-0.3, -0.25) is 0 Å². The summed E-state index contributed by atoms with van der Waals surface area (Å²) in [5.41, 5.74) is 1.76. The van der Waals surface area contributed by atoms with Gasteiger partial charge in [0.15, 0.2) is 0 Å². The Kier molecular flexibility index (Phi) is 4.84. The van der Waals surface area contributed by atoms with E-state index in [2.05, 4.69) is 46.1 Å². The van der Waals surface area contributed by atoms with E-state index >= 15 is 0 Å². The minimum Gasteiger partial charge on any atom is -0.366 e. The van der Waals surface area contributed by atoms with Crippen molar-refractivity contribution < 1.29 is 0 Å². The molecule has 0 spiro atoms. The molecule has 3 nitrogen and oxygen atoms in total. The highest BCUT2D eigenvalue weighted by Gasteiger charge is 2.22. The summed E-state index contributed by atoms with van der Waals surface area (Å²) in [5, 5.41) is 12.9. The zero-order valence-electron chi connectivity index (χ0n) is 11.5. The maximum absolute atomic E-state index is 9.37. The molecule has 1 N–H and O–H groups in total. The number of halogens is 1. The van der Waals surface area contributed by atoms with E-state index in [0.717, 1.165) is 28.8 Å². The Labute approximate surface area is 123 Å². The van der Waals surface area contributed by atoms with E-state index < -0.39 is 0 Å². The highest BCUT2D eigenvalue weighted by atomic mass is 79.9. The highest BCUT2D eigenvalue weighted by Crippen LogP contribution is 2.29. The molecule has 1 heterocycles. The third-order valence-electron chi connectivity index (χ3n) is 3.62. The van der Waals surface area contributed by atoms with E-state index in [1.807, 2.05) is 18.2 Å². The van der Waals surface area contributed by atoms with Gasteiger partial charge in [0.2, 0.25) is 0 Å². The molecular weight excluding hydrogens is 302 g/mol. The van der Waals surface area contributed by atoms with Crippen LogP contribution in [0.4, 0.5) is 5.69 Å². The van der Waals surface area contributed by atoms with Gasteiger partial charge in [-0.15, -0.1) is 0 Å². The summed E-state index contributed by atoms with van der Waals surface area (Å²) in [6.45, 7) is 6.43. The molecule has 0 aliphatic carbocycles. The first-order valence-corrected chi connectivity index (χ1v) is 7.61. The van der Waals surface area contributed by atoms with E-state index in [0.29, 0.717) is 12.1 Å². The van der Waals surface area contributed by atoms with Crippen LogP contribution in [-0.4, -0.2) is 25.2 Å². The molecule has 1 aromatic rings. The number of hydrogen-bond donors (Lipinski definition) is 1. The Morgan fingerprint density at radius 2 is 2.32 bits per heavy atom. The number of rotatable bonds is 4. The standard InChI is InChI=1S/C15H20BrN3/c1-11(2)19(10-12-5-4-8-18-12)15-7-3-6-14(16)13(15)9-17/h3,6-7,11-12,18H,4-5,8,10H2,1-2H3. The smallest absolute Gasteiger partial charge is 0.103 e. The van der Waals surface area contributed by atoms with E-state index in [-0.39, 0.29) is 0 Å². The van der Waals surface area contributed by atoms with Crippen LogP contribution in [0.1, 0.15) is 32.3 Å². The fraction of sp³-hybridized carbons (Fsp3) is 0.533. The highest BCUT2D eigenvalue weighted by molar-refractivity contribution is 9.10. The first-order valence-electron chi connectivity index (χ1n) is 6.82. The van der Waals surface area contributed by atoms with Crippen LogP contribution in [0, 0.1) is 11.3 Å². The van der Waals surface area contributed by atoms with Gasteiger partial charge in [0, 0.05) is 23.1 Å². The minimum absolute atomic E-state index is 0.379. The van der Waals surface area contributed by atoms with Crippen LogP contribution >= 0.6 is 15.9 Å². The van der Waals surface area contributed by atoms with Crippen molar-refractivity contribution in [3.05, 3.63) is 28.2 Å². The first-order chi connectivity index (χ1) is 9.13. The second-order valence-electron chi connectivity index (χ2n) is 5.29. The van der Waals surface area contributed by atoms with Crippen LogP contribution in [0.25, 0.3) is 0 Å². The molecule has 1 aromatic carbocycles. The Bertz CT molecular complexity index is 473. The van der Waals surface area contributed by atoms with Crippen molar-refractivity contribution in [2.24, 2.45) is 0 Å². The van der Waals surface area contributed by atoms with Gasteiger partial charge in [-0.2, -0.15) is 5.26 Å². The predicted octanol–water partition coefficient (Wildman–Crippen LogP) is 3.29. The summed E-state index contributed by atoms with van der Waals surface area (Å²) in [6.07, 6.45) is 2.47. The molecule has 4 heteroatoms. The predicted molar refractivity (Wildman–Crippen MR) is 82.4 cm³/mol. The Balaban J connectivity index is 2.28. The largest absolute Gasteiger partial charge is 0.366 e. The van der Waals surface area contributed by atoms with Crippen molar-refractivity contribution in [2.45, 2.75) is 38.8 Å². The molecule has 1 unspecified atom stereocenters. The molecule has 19 heavy (non-hydrogen) atoms. The summed E-state index contributed by atoms with van der Waals surface area (Å²) < 4.78 is 0.873. The van der Waals surface area contributed by atoms with Crippen molar-refractivity contribution in [1.29, 1.82) is 5.26 Å². The molecule has 0 amide bonds. The maximum Gasteiger partial charge on any atom is 0.103 e. The number of nitrogens with one attached hydrogen (secondary N) is 1. The molecule has 0 aromatic heterocycles. The van der Waals surface area contributed by atoms with E-state index in [1.54, 1.807) is 0 Å². The lowest BCUT2D eigenvalue weighted by Gasteiger charge is -2.32. The third kappa shape index (κ3) is 3.29. The fourth-order valence-corrected chi connectivity index (χ4v) is 3.04. The Hall–Kier alpha value is -1.05. The van der Waals surface area contributed by atoms with Gasteiger partial charge >= 0.3 is 0 Å². The number of nitriles is 1. The number of hydrogen-bond acceptors (Lipinski definition) is 3. The van der Waals surface area contributed by atoms with Crippen LogP contribution < -0.4 is 10.2 Å². The van der Waals surface area contributed by atoms with E-state index in [1.165, 1.54) is 12.8 Å². The second-order valence-corrected chi connectivity index (χ2v) is 6.14. The van der Waals surface area contributed by atoms with Gasteiger partial charge in [-0.25, -0.2) is 0 Å². The normalized spacial score (nSPS) is 18.6. The van der Waals surface area contributed by atoms with E-state index in [9.17, 15) is 5.26 Å². The summed E-state index contributed by atoms with van der Waals surface area (Å²) in [5.74, 6) is 0. The quantitative estimate of drug-likeness (QED) is 0.924. The molecule has 1 atom stereocenters. The topological polar surface area (TPSA) is 39.1 Å². The second kappa shape index (κ2) is 6.40. The molecule has 1 aliphatic rings. The molecule has 1 saturated heterocycles. The summed E-state index contributed by atoms with van der Waals surface area (Å²) in [7, 11) is 0. The van der Waals surface area contributed by atoms with Crippen molar-refractivity contribution in [3.8, 4) is 6.07 Å². The van der Waals surface area contributed by atoms with Crippen molar-refractivity contribution >= 4 is 21.6 Å². The third-order valence-corrected chi connectivity index (χ3v) is 4.28.